The second-order valence-corrected chi connectivity index (χ2v) is 5.63. The van der Waals surface area contributed by atoms with Crippen LogP contribution < -0.4 is 4.74 Å². The van der Waals surface area contributed by atoms with E-state index in [1.807, 2.05) is 0 Å². The Morgan fingerprint density at radius 2 is 2.19 bits per heavy atom. The number of halogens is 1. The van der Waals surface area contributed by atoms with Crippen molar-refractivity contribution in [2.75, 3.05) is 7.11 Å². The molecule has 0 aliphatic heterocycles. The number of hydrogen-bond acceptors (Lipinski definition) is 4. The van der Waals surface area contributed by atoms with Crippen LogP contribution in [0.25, 0.3) is 0 Å². The molecule has 1 aromatic heterocycles. The third kappa shape index (κ3) is 3.82. The van der Waals surface area contributed by atoms with E-state index in [2.05, 4.69) is 23.9 Å². The highest BCUT2D eigenvalue weighted by Gasteiger charge is 2.17. The normalized spacial score (nSPS) is 10.9. The van der Waals surface area contributed by atoms with E-state index in [1.165, 1.54) is 13.4 Å². The number of Topliss-reactive ketones (excluding diaryl/α,β-unsaturated/α-hetero) is 1. The van der Waals surface area contributed by atoms with Gasteiger partial charge in [-0.25, -0.2) is 9.67 Å². The zero-order valence-electron chi connectivity index (χ0n) is 12.3. The molecule has 1 aromatic carbocycles. The van der Waals surface area contributed by atoms with E-state index in [-0.39, 0.29) is 12.2 Å². The molecule has 0 radical (unpaired) electrons. The summed E-state index contributed by atoms with van der Waals surface area (Å²) in [6.07, 6.45) is 1.64. The number of ether oxygens (including phenoxy) is 1. The zero-order chi connectivity index (χ0) is 15.4. The lowest BCUT2D eigenvalue weighted by atomic mass is 10.1. The molecule has 1 heterocycles. The van der Waals surface area contributed by atoms with Crippen molar-refractivity contribution in [3.05, 3.63) is 40.9 Å². The van der Waals surface area contributed by atoms with Crippen LogP contribution in [-0.2, 0) is 13.0 Å². The predicted molar refractivity (Wildman–Crippen MR) is 80.9 cm³/mol. The molecule has 0 unspecified atom stereocenters. The maximum atomic E-state index is 12.5. The number of nitrogens with zero attached hydrogens (tertiary/aromatic N) is 3. The van der Waals surface area contributed by atoms with E-state index in [0.29, 0.717) is 28.1 Å². The lowest BCUT2D eigenvalue weighted by Crippen LogP contribution is -2.14. The van der Waals surface area contributed by atoms with Crippen LogP contribution in [-0.4, -0.2) is 27.7 Å². The van der Waals surface area contributed by atoms with E-state index in [9.17, 15) is 4.79 Å². The number of carbonyl (C=O) groups is 1. The van der Waals surface area contributed by atoms with Crippen LogP contribution in [0.3, 0.4) is 0 Å². The van der Waals surface area contributed by atoms with Gasteiger partial charge in [0.25, 0.3) is 0 Å². The smallest absolute Gasteiger partial charge is 0.174 e. The number of carbonyl (C=O) groups excluding carboxylic acids is 1. The molecule has 0 saturated heterocycles. The Hall–Kier alpha value is -1.88. The fourth-order valence-corrected chi connectivity index (χ4v) is 2.23. The zero-order valence-corrected chi connectivity index (χ0v) is 13.1. The van der Waals surface area contributed by atoms with Crippen molar-refractivity contribution < 1.29 is 9.53 Å². The lowest BCUT2D eigenvalue weighted by Gasteiger charge is -2.10. The largest absolute Gasteiger partial charge is 0.496 e. The summed E-state index contributed by atoms with van der Waals surface area (Å²) in [7, 11) is 1.53. The summed E-state index contributed by atoms with van der Waals surface area (Å²) in [5.74, 6) is 1.50. The Labute approximate surface area is 128 Å². The van der Waals surface area contributed by atoms with Gasteiger partial charge in [0.05, 0.1) is 19.1 Å². The first kappa shape index (κ1) is 15.5. The Bertz CT molecular complexity index is 638. The minimum Gasteiger partial charge on any atom is -0.496 e. The molecule has 0 atom stereocenters. The second-order valence-electron chi connectivity index (χ2n) is 5.20. The van der Waals surface area contributed by atoms with Crippen molar-refractivity contribution in [2.24, 2.45) is 5.92 Å². The molecule has 0 fully saturated rings. The number of hydrogen-bond donors (Lipinski definition) is 0. The van der Waals surface area contributed by atoms with Crippen molar-refractivity contribution in [1.82, 2.24) is 14.8 Å². The maximum Gasteiger partial charge on any atom is 0.174 e. The number of ketones is 1. The van der Waals surface area contributed by atoms with Gasteiger partial charge in [-0.05, 0) is 24.1 Å². The standard InChI is InChI=1S/C15H18ClN3O2/c1-10(2)8-19-15(17-9-18-19)7-13(20)12-6-11(16)4-5-14(12)21-3/h4-6,9-10H,7-8H2,1-3H3. The predicted octanol–water partition coefficient (Wildman–Crippen LogP) is 3.02. The second kappa shape index (κ2) is 6.72. The maximum absolute atomic E-state index is 12.5. The molecule has 2 aromatic rings. The van der Waals surface area contributed by atoms with Crippen LogP contribution in [0.1, 0.15) is 30.0 Å². The van der Waals surface area contributed by atoms with Crippen molar-refractivity contribution in [2.45, 2.75) is 26.8 Å². The van der Waals surface area contributed by atoms with Crippen LogP contribution in [0, 0.1) is 5.92 Å². The quantitative estimate of drug-likeness (QED) is 0.770. The van der Waals surface area contributed by atoms with Gasteiger partial charge >= 0.3 is 0 Å². The van der Waals surface area contributed by atoms with Gasteiger partial charge in [-0.3, -0.25) is 4.79 Å². The minimum absolute atomic E-state index is 0.0904. The fraction of sp³-hybridized carbons (Fsp3) is 0.400. The van der Waals surface area contributed by atoms with Crippen LogP contribution in [0.2, 0.25) is 5.02 Å². The summed E-state index contributed by atoms with van der Waals surface area (Å²) in [5.41, 5.74) is 0.462. The molecule has 6 heteroatoms. The number of rotatable bonds is 6. The highest BCUT2D eigenvalue weighted by molar-refractivity contribution is 6.31. The molecule has 5 nitrogen and oxygen atoms in total. The van der Waals surface area contributed by atoms with E-state index in [4.69, 9.17) is 16.3 Å². The van der Waals surface area contributed by atoms with Gasteiger partial charge in [-0.2, -0.15) is 5.10 Å². The topological polar surface area (TPSA) is 57.0 Å². The first-order chi connectivity index (χ1) is 10.0. The highest BCUT2D eigenvalue weighted by atomic mass is 35.5. The minimum atomic E-state index is -0.0904. The van der Waals surface area contributed by atoms with Crippen molar-refractivity contribution in [1.29, 1.82) is 0 Å². The van der Waals surface area contributed by atoms with Crippen LogP contribution >= 0.6 is 11.6 Å². The summed E-state index contributed by atoms with van der Waals surface area (Å²) in [6.45, 7) is 4.91. The first-order valence-electron chi connectivity index (χ1n) is 6.74. The first-order valence-corrected chi connectivity index (χ1v) is 7.12. The van der Waals surface area contributed by atoms with E-state index in [1.54, 1.807) is 22.9 Å². The van der Waals surface area contributed by atoms with Crippen molar-refractivity contribution >= 4 is 17.4 Å². The van der Waals surface area contributed by atoms with E-state index >= 15 is 0 Å². The molecular formula is C15H18ClN3O2. The lowest BCUT2D eigenvalue weighted by molar-refractivity contribution is 0.0986. The Morgan fingerprint density at radius 1 is 1.43 bits per heavy atom. The molecule has 0 N–H and O–H groups in total. The molecule has 0 spiro atoms. The Balaban J connectivity index is 2.22. The van der Waals surface area contributed by atoms with E-state index in [0.717, 1.165) is 6.54 Å². The number of methoxy groups -OCH3 is 1. The van der Waals surface area contributed by atoms with E-state index < -0.39 is 0 Å². The van der Waals surface area contributed by atoms with Gasteiger partial charge in [0.15, 0.2) is 5.78 Å². The molecule has 2 rings (SSSR count). The summed E-state index contributed by atoms with van der Waals surface area (Å²) < 4.78 is 6.98. The summed E-state index contributed by atoms with van der Waals surface area (Å²) in [6, 6.07) is 5.00. The SMILES string of the molecule is COc1ccc(Cl)cc1C(=O)Cc1ncnn1CC(C)C. The fourth-order valence-electron chi connectivity index (χ4n) is 2.06. The molecule has 0 aliphatic rings. The monoisotopic (exact) mass is 307 g/mol. The molecule has 0 bridgehead atoms. The molecular weight excluding hydrogens is 290 g/mol. The average molecular weight is 308 g/mol. The van der Waals surface area contributed by atoms with Gasteiger partial charge in [-0.1, -0.05) is 25.4 Å². The average Bonchev–Trinajstić information content (AvgIpc) is 2.85. The Morgan fingerprint density at radius 3 is 2.86 bits per heavy atom. The molecule has 0 amide bonds. The number of benzene rings is 1. The van der Waals surface area contributed by atoms with Gasteiger partial charge in [0, 0.05) is 11.6 Å². The Kier molecular flexibility index (Phi) is 4.96. The van der Waals surface area contributed by atoms with Crippen LogP contribution in [0.15, 0.2) is 24.5 Å². The molecule has 112 valence electrons. The summed E-state index contributed by atoms with van der Waals surface area (Å²) >= 11 is 5.96. The van der Waals surface area contributed by atoms with Gasteiger partial charge < -0.3 is 4.74 Å². The highest BCUT2D eigenvalue weighted by Crippen LogP contribution is 2.24. The van der Waals surface area contributed by atoms with Gasteiger partial charge in [-0.15, -0.1) is 0 Å². The number of aromatic nitrogens is 3. The van der Waals surface area contributed by atoms with Crippen LogP contribution in [0.4, 0.5) is 0 Å². The van der Waals surface area contributed by atoms with Gasteiger partial charge in [0.2, 0.25) is 0 Å². The molecule has 0 saturated carbocycles. The van der Waals surface area contributed by atoms with Crippen molar-refractivity contribution in [3.63, 3.8) is 0 Å². The summed E-state index contributed by atoms with van der Waals surface area (Å²) in [5, 5.41) is 4.66. The molecule has 21 heavy (non-hydrogen) atoms. The summed E-state index contributed by atoms with van der Waals surface area (Å²) in [4.78, 5) is 16.6. The van der Waals surface area contributed by atoms with Gasteiger partial charge in [0.1, 0.15) is 17.9 Å². The van der Waals surface area contributed by atoms with Crippen molar-refractivity contribution in [3.8, 4) is 5.75 Å². The molecule has 0 aliphatic carbocycles. The third-order valence-electron chi connectivity index (χ3n) is 3.01. The third-order valence-corrected chi connectivity index (χ3v) is 3.25. The van der Waals surface area contributed by atoms with Crippen LogP contribution in [0.5, 0.6) is 5.75 Å².